The van der Waals surface area contributed by atoms with Crippen molar-refractivity contribution in [3.05, 3.63) is 59.1 Å². The van der Waals surface area contributed by atoms with Crippen LogP contribution in [0, 0.1) is 11.3 Å². The molecule has 2 atom stereocenters. The molecule has 0 radical (unpaired) electrons. The van der Waals surface area contributed by atoms with Gasteiger partial charge >= 0.3 is 5.97 Å². The van der Waals surface area contributed by atoms with Gasteiger partial charge in [-0.2, -0.15) is 10.4 Å². The topological polar surface area (TPSA) is 135 Å². The predicted octanol–water partition coefficient (Wildman–Crippen LogP) is 4.15. The molecule has 0 saturated carbocycles. The molecule has 1 aliphatic heterocycles. The molecule has 0 aliphatic carbocycles. The largest absolute Gasteiger partial charge is 0.458 e. The van der Waals surface area contributed by atoms with E-state index in [2.05, 4.69) is 21.4 Å². The van der Waals surface area contributed by atoms with Crippen LogP contribution in [0.2, 0.25) is 0 Å². The third-order valence-electron chi connectivity index (χ3n) is 6.42. The second-order valence-corrected chi connectivity index (χ2v) is 10.3. The molecule has 1 aliphatic rings. The lowest BCUT2D eigenvalue weighted by molar-refractivity contribution is -0.176. The second-order valence-electron chi connectivity index (χ2n) is 10.3. The van der Waals surface area contributed by atoms with Gasteiger partial charge < -0.3 is 19.8 Å². The molecule has 0 bridgehead atoms. The van der Waals surface area contributed by atoms with E-state index in [-0.39, 0.29) is 18.6 Å². The highest BCUT2D eigenvalue weighted by Gasteiger charge is 2.43. The highest BCUT2D eigenvalue weighted by molar-refractivity contribution is 5.92. The van der Waals surface area contributed by atoms with Crippen molar-refractivity contribution in [1.29, 1.82) is 5.26 Å². The van der Waals surface area contributed by atoms with Gasteiger partial charge in [-0.25, -0.2) is 4.79 Å². The Morgan fingerprint density at radius 2 is 2.19 bits per heavy atom. The summed E-state index contributed by atoms with van der Waals surface area (Å²) >= 11 is 0. The van der Waals surface area contributed by atoms with E-state index in [4.69, 9.17) is 14.6 Å². The molecule has 4 heterocycles. The van der Waals surface area contributed by atoms with E-state index in [1.165, 1.54) is 0 Å². The van der Waals surface area contributed by atoms with Gasteiger partial charge in [-0.3, -0.25) is 14.5 Å². The van der Waals surface area contributed by atoms with E-state index in [9.17, 15) is 14.9 Å². The fourth-order valence-corrected chi connectivity index (χ4v) is 4.71. The number of H-pyrrole nitrogens is 1. The third-order valence-corrected chi connectivity index (χ3v) is 6.42. The first-order valence-corrected chi connectivity index (χ1v) is 12.1. The van der Waals surface area contributed by atoms with Crippen molar-refractivity contribution in [2.75, 3.05) is 11.9 Å². The minimum Gasteiger partial charge on any atom is -0.458 e. The van der Waals surface area contributed by atoms with Gasteiger partial charge in [-0.15, -0.1) is 0 Å². The maximum Gasteiger partial charge on any atom is 0.335 e. The fourth-order valence-electron chi connectivity index (χ4n) is 4.71. The van der Waals surface area contributed by atoms with Gasteiger partial charge in [-0.05, 0) is 63.9 Å². The second kappa shape index (κ2) is 9.33. The number of carbonyl (C=O) groups excluding carboxylic acids is 1. The molecule has 4 aromatic rings. The molecule has 1 saturated heterocycles. The molecule has 0 amide bonds. The van der Waals surface area contributed by atoms with Crippen LogP contribution in [0.15, 0.2) is 53.6 Å². The highest BCUT2D eigenvalue weighted by atomic mass is 16.6. The molecule has 10 nitrogen and oxygen atoms in total. The molecule has 3 aromatic heterocycles. The Balaban J connectivity index is 1.51. The molecule has 10 heteroatoms. The number of aromatic nitrogens is 4. The van der Waals surface area contributed by atoms with Crippen molar-refractivity contribution < 1.29 is 14.3 Å². The average molecular weight is 501 g/mol. The van der Waals surface area contributed by atoms with Crippen LogP contribution in [0.25, 0.3) is 21.8 Å². The average Bonchev–Trinajstić information content (AvgIpc) is 3.23. The molecular weight excluding hydrogens is 472 g/mol. The van der Waals surface area contributed by atoms with Gasteiger partial charge in [0.05, 0.1) is 35.7 Å². The van der Waals surface area contributed by atoms with Crippen LogP contribution in [-0.2, 0) is 19.8 Å². The zero-order chi connectivity index (χ0) is 26.2. The number of fused-ring (bicyclic) bond motifs is 2. The lowest BCUT2D eigenvalue weighted by Gasteiger charge is -2.39. The van der Waals surface area contributed by atoms with E-state index >= 15 is 0 Å². The molecule has 1 aromatic carbocycles. The van der Waals surface area contributed by atoms with E-state index in [1.807, 2.05) is 51.1 Å². The van der Waals surface area contributed by atoms with Crippen LogP contribution in [-0.4, -0.2) is 44.0 Å². The molecule has 0 spiro atoms. The third kappa shape index (κ3) is 4.78. The Labute approximate surface area is 213 Å². The van der Waals surface area contributed by atoms with Crippen molar-refractivity contribution in [1.82, 2.24) is 19.7 Å². The molecule has 5 rings (SSSR count). The number of anilines is 2. The van der Waals surface area contributed by atoms with Gasteiger partial charge in [-0.1, -0.05) is 6.07 Å². The smallest absolute Gasteiger partial charge is 0.335 e. The monoisotopic (exact) mass is 500 g/mol. The summed E-state index contributed by atoms with van der Waals surface area (Å²) < 4.78 is 13.2. The summed E-state index contributed by atoms with van der Waals surface area (Å²) in [5.41, 5.74) is 0.391. The number of pyridine rings is 2. The predicted molar refractivity (Wildman–Crippen MR) is 138 cm³/mol. The number of ether oxygens (including phenoxy) is 2. The van der Waals surface area contributed by atoms with Gasteiger partial charge in [0.25, 0.3) is 5.56 Å². The van der Waals surface area contributed by atoms with Crippen molar-refractivity contribution in [3.8, 4) is 6.07 Å². The van der Waals surface area contributed by atoms with Gasteiger partial charge in [0.15, 0.2) is 11.9 Å². The first kappa shape index (κ1) is 24.5. The van der Waals surface area contributed by atoms with Gasteiger partial charge in [0.2, 0.25) is 0 Å². The number of hydrogen-bond donors (Lipinski definition) is 2. The first-order valence-electron chi connectivity index (χ1n) is 12.1. The summed E-state index contributed by atoms with van der Waals surface area (Å²) in [6.07, 6.45) is 3.48. The van der Waals surface area contributed by atoms with Crippen molar-refractivity contribution in [2.24, 2.45) is 0 Å². The van der Waals surface area contributed by atoms with Crippen molar-refractivity contribution in [3.63, 3.8) is 0 Å². The Morgan fingerprint density at radius 3 is 2.92 bits per heavy atom. The fraction of sp³-hybridized carbons (Fsp3) is 0.370. The number of nitrogens with one attached hydrogen (secondary N) is 2. The highest BCUT2D eigenvalue weighted by Crippen LogP contribution is 2.37. The normalized spacial score (nSPS) is 20.0. The summed E-state index contributed by atoms with van der Waals surface area (Å²) in [7, 11) is 0. The summed E-state index contributed by atoms with van der Waals surface area (Å²) in [6.45, 7) is 5.50. The van der Waals surface area contributed by atoms with Crippen LogP contribution in [0.3, 0.4) is 0 Å². The SMILES string of the molecule is CC(C)(C)OC(=O)[C@@H]1CC[C@@](CC#N)(n2nc(Nc3ccc4ncccc4c3)c3c(=O)[nH]ccc32)CO1. The van der Waals surface area contributed by atoms with Gasteiger partial charge in [0, 0.05) is 23.5 Å². The number of aromatic amines is 1. The van der Waals surface area contributed by atoms with Crippen LogP contribution in [0.4, 0.5) is 11.5 Å². The van der Waals surface area contributed by atoms with Crippen LogP contribution >= 0.6 is 0 Å². The molecule has 1 fully saturated rings. The molecule has 190 valence electrons. The van der Waals surface area contributed by atoms with E-state index in [1.54, 1.807) is 23.1 Å². The maximum atomic E-state index is 12.9. The summed E-state index contributed by atoms with van der Waals surface area (Å²) in [6, 6.07) is 13.5. The van der Waals surface area contributed by atoms with Crippen LogP contribution in [0.5, 0.6) is 0 Å². The number of carbonyl (C=O) groups is 1. The van der Waals surface area contributed by atoms with E-state index < -0.39 is 23.2 Å². The van der Waals surface area contributed by atoms with Crippen LogP contribution in [0.1, 0.15) is 40.0 Å². The number of hydrogen-bond acceptors (Lipinski definition) is 8. The minimum absolute atomic E-state index is 0.0785. The zero-order valence-electron chi connectivity index (χ0n) is 20.9. The van der Waals surface area contributed by atoms with Gasteiger partial charge in [0.1, 0.15) is 11.0 Å². The standard InChI is InChI=1S/C27H28N6O4/c1-26(2,3)37-25(35)21-8-10-27(11-12-28,16-36-21)33-20-9-14-30-24(34)22(20)23(32-33)31-18-6-7-19-17(15-18)5-4-13-29-19/h4-7,9,13-15,21H,8,10-11,16H2,1-3H3,(H,30,34)(H,31,32)/t21-,27-/m0/s1. The summed E-state index contributed by atoms with van der Waals surface area (Å²) in [5, 5.41) is 19.1. The van der Waals surface area contributed by atoms with Crippen molar-refractivity contribution in [2.45, 2.75) is 57.3 Å². The Morgan fingerprint density at radius 1 is 1.35 bits per heavy atom. The quantitative estimate of drug-likeness (QED) is 0.390. The molecule has 37 heavy (non-hydrogen) atoms. The first-order chi connectivity index (χ1) is 17.7. The van der Waals surface area contributed by atoms with Crippen LogP contribution < -0.4 is 10.9 Å². The Hall–Kier alpha value is -4.23. The number of esters is 1. The Bertz CT molecular complexity index is 1570. The lowest BCUT2D eigenvalue weighted by atomic mass is 9.87. The number of benzene rings is 1. The van der Waals surface area contributed by atoms with E-state index in [0.29, 0.717) is 29.6 Å². The van der Waals surface area contributed by atoms with E-state index in [0.717, 1.165) is 16.6 Å². The number of nitrogens with zero attached hydrogens (tertiary/aromatic N) is 4. The minimum atomic E-state index is -0.855. The molecular formula is C27H28N6O4. The zero-order valence-corrected chi connectivity index (χ0v) is 20.9. The Kier molecular flexibility index (Phi) is 6.17. The summed E-state index contributed by atoms with van der Waals surface area (Å²) in [4.78, 5) is 32.6. The van der Waals surface area contributed by atoms with Crippen molar-refractivity contribution >= 4 is 39.3 Å². The number of rotatable bonds is 5. The summed E-state index contributed by atoms with van der Waals surface area (Å²) in [5.74, 6) is -0.0559. The lowest BCUT2D eigenvalue weighted by Crippen LogP contribution is -2.47. The molecule has 0 unspecified atom stereocenters. The number of nitriles is 1. The maximum absolute atomic E-state index is 12.9. The molecule has 2 N–H and O–H groups in total.